The minimum atomic E-state index is -0.122. The van der Waals surface area contributed by atoms with Gasteiger partial charge in [0.1, 0.15) is 0 Å². The smallest absolute Gasteiger partial charge is 0.251 e. The molecule has 0 aliphatic carbocycles. The molecule has 5 rings (SSSR count). The number of amides is 1. The molecule has 7 nitrogen and oxygen atoms in total. The molecule has 0 saturated carbocycles. The van der Waals surface area contributed by atoms with Gasteiger partial charge in [-0.2, -0.15) is 4.98 Å². The van der Waals surface area contributed by atoms with E-state index in [1.54, 1.807) is 19.2 Å². The molecular weight excluding hydrogens is 446 g/mol. The Balaban J connectivity index is 1.25. The van der Waals surface area contributed by atoms with Crippen molar-refractivity contribution in [3.63, 3.8) is 0 Å². The van der Waals surface area contributed by atoms with Crippen LogP contribution in [0.5, 0.6) is 0 Å². The number of Topliss-reactive ketones (excluding diaryl/α,β-unsaturated/α-hetero) is 1. The number of likely N-dealkylation sites (tertiary alicyclic amines) is 1. The predicted octanol–water partition coefficient (Wildman–Crippen LogP) is 4.81. The molecule has 1 fully saturated rings. The largest absolute Gasteiger partial charge is 0.355 e. The molecule has 3 heterocycles. The Morgan fingerprint density at radius 1 is 1.00 bits per heavy atom. The van der Waals surface area contributed by atoms with Crippen molar-refractivity contribution >= 4 is 38.2 Å². The van der Waals surface area contributed by atoms with Crippen LogP contribution in [0.3, 0.4) is 0 Å². The summed E-state index contributed by atoms with van der Waals surface area (Å²) < 4.78 is 2.84. The number of benzene rings is 2. The number of nitrogens with zero attached hydrogens (tertiary/aromatic N) is 4. The van der Waals surface area contributed by atoms with Gasteiger partial charge < -0.3 is 10.2 Å². The maximum Gasteiger partial charge on any atom is 0.251 e. The number of carbonyl (C=O) groups is 2. The van der Waals surface area contributed by atoms with Crippen molar-refractivity contribution in [2.45, 2.75) is 38.5 Å². The van der Waals surface area contributed by atoms with Crippen molar-refractivity contribution in [1.82, 2.24) is 24.8 Å². The first-order valence-corrected chi connectivity index (χ1v) is 12.8. The van der Waals surface area contributed by atoms with Crippen molar-refractivity contribution in [3.8, 4) is 11.4 Å². The molecule has 0 unspecified atom stereocenters. The Morgan fingerprint density at radius 3 is 2.53 bits per heavy atom. The maximum absolute atomic E-state index is 12.8. The number of ketones is 1. The average Bonchev–Trinajstić information content (AvgIpc) is 3.44. The molecule has 176 valence electrons. The lowest BCUT2D eigenvalue weighted by molar-refractivity contribution is 0.0959. The Hall–Kier alpha value is -3.10. The van der Waals surface area contributed by atoms with E-state index in [2.05, 4.69) is 20.3 Å². The predicted molar refractivity (Wildman–Crippen MR) is 136 cm³/mol. The van der Waals surface area contributed by atoms with E-state index < -0.39 is 0 Å². The Bertz CT molecular complexity index is 1320. The molecule has 1 N–H and O–H groups in total. The Kier molecular flexibility index (Phi) is 6.69. The van der Waals surface area contributed by atoms with Gasteiger partial charge in [0.05, 0.1) is 10.2 Å². The van der Waals surface area contributed by atoms with E-state index in [1.165, 1.54) is 43.7 Å². The highest BCUT2D eigenvalue weighted by Crippen LogP contribution is 2.29. The fourth-order valence-electron chi connectivity index (χ4n) is 4.55. The molecule has 0 bridgehead atoms. The first kappa shape index (κ1) is 22.7. The van der Waals surface area contributed by atoms with Gasteiger partial charge in [-0.05, 0) is 75.6 Å². The Labute approximate surface area is 202 Å². The summed E-state index contributed by atoms with van der Waals surface area (Å²) in [5, 5.41) is 7.29. The van der Waals surface area contributed by atoms with Gasteiger partial charge in [0.15, 0.2) is 11.6 Å². The summed E-state index contributed by atoms with van der Waals surface area (Å²) in [7, 11) is 1.61. The van der Waals surface area contributed by atoms with Gasteiger partial charge in [-0.3, -0.25) is 9.59 Å². The second-order valence-corrected chi connectivity index (χ2v) is 9.86. The summed E-state index contributed by atoms with van der Waals surface area (Å²) >= 11 is 1.53. The summed E-state index contributed by atoms with van der Waals surface area (Å²) in [6, 6.07) is 13.1. The second kappa shape index (κ2) is 10.0. The molecule has 1 amide bonds. The number of hydrogen-bond acceptors (Lipinski definition) is 6. The lowest BCUT2D eigenvalue weighted by Gasteiger charge is -2.26. The molecule has 4 aromatic rings. The topological polar surface area (TPSA) is 79.6 Å². The van der Waals surface area contributed by atoms with Gasteiger partial charge in [-0.15, -0.1) is 5.10 Å². The summed E-state index contributed by atoms with van der Waals surface area (Å²) in [6.45, 7) is 3.53. The quantitative estimate of drug-likeness (QED) is 0.292. The van der Waals surface area contributed by atoms with Crippen LogP contribution in [0.1, 0.15) is 59.2 Å². The van der Waals surface area contributed by atoms with E-state index in [0.717, 1.165) is 45.7 Å². The highest BCUT2D eigenvalue weighted by molar-refractivity contribution is 7.23. The number of hydrogen-bond donors (Lipinski definition) is 1. The number of rotatable bonds is 8. The zero-order chi connectivity index (χ0) is 23.5. The van der Waals surface area contributed by atoms with Crippen molar-refractivity contribution in [1.29, 1.82) is 0 Å². The third kappa shape index (κ3) is 4.74. The molecule has 0 spiro atoms. The summed E-state index contributed by atoms with van der Waals surface area (Å²) in [5.41, 5.74) is 3.16. The zero-order valence-electron chi connectivity index (χ0n) is 19.4. The number of aromatic nitrogens is 3. The van der Waals surface area contributed by atoms with Crippen LogP contribution < -0.4 is 5.32 Å². The third-order valence-electron chi connectivity index (χ3n) is 6.50. The van der Waals surface area contributed by atoms with E-state index in [9.17, 15) is 9.59 Å². The van der Waals surface area contributed by atoms with E-state index in [1.807, 2.05) is 34.8 Å². The second-order valence-electron chi connectivity index (χ2n) is 8.85. The number of fused-ring (bicyclic) bond motifs is 3. The zero-order valence-corrected chi connectivity index (χ0v) is 20.2. The van der Waals surface area contributed by atoms with Crippen molar-refractivity contribution in [2.75, 3.05) is 26.7 Å². The number of thiazole rings is 1. The molecule has 8 heteroatoms. The highest BCUT2D eigenvalue weighted by Gasteiger charge is 2.15. The normalized spacial score (nSPS) is 14.6. The first-order chi connectivity index (χ1) is 16.6. The molecular formula is C26H29N5O2S. The molecule has 34 heavy (non-hydrogen) atoms. The molecule has 2 aromatic heterocycles. The fourth-order valence-corrected chi connectivity index (χ4v) is 5.55. The van der Waals surface area contributed by atoms with Crippen LogP contribution in [0.4, 0.5) is 0 Å². The molecule has 1 aliphatic heterocycles. The summed E-state index contributed by atoms with van der Waals surface area (Å²) in [4.78, 5) is 32.5. The number of unbranched alkanes of at least 4 members (excludes halogenated alkanes) is 1. The van der Waals surface area contributed by atoms with Crippen LogP contribution in [0.15, 0.2) is 42.5 Å². The number of piperidine rings is 1. The number of nitrogens with one attached hydrogen (secondary N) is 1. The SMILES string of the molecule is CNC(=O)c1ccc(-c2nc3sc4cc(C(=O)CCCCN5CCCCC5)ccc4n3n2)cc1. The maximum atomic E-state index is 12.8. The standard InChI is InChI=1S/C26H29N5O2S/c1-27-25(33)19-10-8-18(9-11-19)24-28-26-31(29-24)21-13-12-20(17-23(21)34-26)22(32)7-3-6-16-30-14-4-2-5-15-30/h8-13,17H,2-7,14-16H2,1H3,(H,27,33). The third-order valence-corrected chi connectivity index (χ3v) is 7.49. The minimum Gasteiger partial charge on any atom is -0.355 e. The average molecular weight is 476 g/mol. The minimum absolute atomic E-state index is 0.122. The monoisotopic (exact) mass is 475 g/mol. The molecule has 1 saturated heterocycles. The van der Waals surface area contributed by atoms with Gasteiger partial charge >= 0.3 is 0 Å². The molecule has 0 atom stereocenters. The van der Waals surface area contributed by atoms with Crippen LogP contribution >= 0.6 is 11.3 Å². The lowest BCUT2D eigenvalue weighted by Crippen LogP contribution is -2.30. The van der Waals surface area contributed by atoms with Crippen LogP contribution in [0.25, 0.3) is 26.6 Å². The Morgan fingerprint density at radius 2 is 1.76 bits per heavy atom. The van der Waals surface area contributed by atoms with Crippen LogP contribution in [-0.4, -0.2) is 57.9 Å². The first-order valence-electron chi connectivity index (χ1n) is 12.0. The van der Waals surface area contributed by atoms with Gasteiger partial charge in [-0.1, -0.05) is 29.9 Å². The van der Waals surface area contributed by atoms with Crippen molar-refractivity contribution in [2.24, 2.45) is 0 Å². The molecule has 2 aromatic carbocycles. The van der Waals surface area contributed by atoms with E-state index in [-0.39, 0.29) is 11.7 Å². The number of carbonyl (C=O) groups excluding carboxylic acids is 2. The van der Waals surface area contributed by atoms with E-state index in [0.29, 0.717) is 17.8 Å². The fraction of sp³-hybridized carbons (Fsp3) is 0.385. The van der Waals surface area contributed by atoms with Crippen molar-refractivity contribution < 1.29 is 9.59 Å². The summed E-state index contributed by atoms with van der Waals surface area (Å²) in [5.74, 6) is 0.700. The van der Waals surface area contributed by atoms with Crippen LogP contribution in [0.2, 0.25) is 0 Å². The lowest BCUT2D eigenvalue weighted by atomic mass is 10.0. The molecule has 1 aliphatic rings. The molecule has 0 radical (unpaired) electrons. The van der Waals surface area contributed by atoms with Gasteiger partial charge in [-0.25, -0.2) is 4.52 Å². The summed E-state index contributed by atoms with van der Waals surface area (Å²) in [6.07, 6.45) is 6.58. The van der Waals surface area contributed by atoms with E-state index >= 15 is 0 Å². The van der Waals surface area contributed by atoms with E-state index in [4.69, 9.17) is 0 Å². The van der Waals surface area contributed by atoms with Crippen LogP contribution in [-0.2, 0) is 0 Å². The van der Waals surface area contributed by atoms with Gasteiger partial charge in [0, 0.05) is 30.2 Å². The van der Waals surface area contributed by atoms with Crippen molar-refractivity contribution in [3.05, 3.63) is 53.6 Å². The van der Waals surface area contributed by atoms with Gasteiger partial charge in [0.2, 0.25) is 4.96 Å². The van der Waals surface area contributed by atoms with Crippen LogP contribution in [0, 0.1) is 0 Å². The van der Waals surface area contributed by atoms with Gasteiger partial charge in [0.25, 0.3) is 5.91 Å². The highest BCUT2D eigenvalue weighted by atomic mass is 32.1.